The summed E-state index contributed by atoms with van der Waals surface area (Å²) in [6.07, 6.45) is 0. The van der Waals surface area contributed by atoms with E-state index in [1.54, 1.807) is 42.5 Å². The topological polar surface area (TPSA) is 83.5 Å². The van der Waals surface area contributed by atoms with E-state index < -0.39 is 6.61 Å². The number of aromatic nitrogens is 1. The molecule has 0 bridgehead atoms. The van der Waals surface area contributed by atoms with Crippen molar-refractivity contribution in [2.45, 2.75) is 13.5 Å². The molecule has 6 nitrogen and oxygen atoms in total. The van der Waals surface area contributed by atoms with Gasteiger partial charge in [-0.3, -0.25) is 4.79 Å². The van der Waals surface area contributed by atoms with Crippen molar-refractivity contribution in [3.8, 4) is 33.9 Å². The molecule has 0 radical (unpaired) electrons. The number of carbonyl (C=O) groups is 1. The van der Waals surface area contributed by atoms with Crippen LogP contribution in [0.5, 0.6) is 11.5 Å². The summed E-state index contributed by atoms with van der Waals surface area (Å²) in [6.45, 7) is -0.815. The standard InChI is InChI=1S/C22H20ClF2N3O3/c1-13(29)26-8-9-27-21-11-14(16-4-2-3-5-20(16)31-22(24)25)10-18(28-21)17-12-15(23)6-7-19(17)30/h2-7,10-12,22,30H,8-9H2,1H3,(H,26,29)(H,27,28). The molecule has 0 saturated heterocycles. The largest absolute Gasteiger partial charge is 0.507 e. The van der Waals surface area contributed by atoms with Gasteiger partial charge < -0.3 is 20.5 Å². The molecule has 2 aromatic carbocycles. The number of pyridine rings is 1. The zero-order valence-corrected chi connectivity index (χ0v) is 17.3. The number of phenols is 1. The highest BCUT2D eigenvalue weighted by molar-refractivity contribution is 6.31. The first-order chi connectivity index (χ1) is 14.8. The highest BCUT2D eigenvalue weighted by Gasteiger charge is 2.15. The van der Waals surface area contributed by atoms with Crippen LogP contribution in [0.3, 0.4) is 0 Å². The Morgan fingerprint density at radius 3 is 2.65 bits per heavy atom. The third-order valence-electron chi connectivity index (χ3n) is 4.28. The van der Waals surface area contributed by atoms with Crippen LogP contribution in [-0.4, -0.2) is 35.7 Å². The summed E-state index contributed by atoms with van der Waals surface area (Å²) in [7, 11) is 0. The summed E-state index contributed by atoms with van der Waals surface area (Å²) >= 11 is 6.08. The predicted molar refractivity (Wildman–Crippen MR) is 116 cm³/mol. The number of rotatable bonds is 8. The van der Waals surface area contributed by atoms with Crippen LogP contribution in [0, 0.1) is 0 Å². The molecule has 0 spiro atoms. The minimum Gasteiger partial charge on any atom is -0.507 e. The lowest BCUT2D eigenvalue weighted by Crippen LogP contribution is -2.26. The number of phenolic OH excluding ortho intramolecular Hbond substituents is 1. The second-order valence-corrected chi connectivity index (χ2v) is 7.01. The van der Waals surface area contributed by atoms with Crippen LogP contribution < -0.4 is 15.4 Å². The lowest BCUT2D eigenvalue weighted by atomic mass is 10.0. The molecule has 0 saturated carbocycles. The van der Waals surface area contributed by atoms with Crippen LogP contribution >= 0.6 is 11.6 Å². The van der Waals surface area contributed by atoms with Gasteiger partial charge in [-0.15, -0.1) is 0 Å². The molecule has 0 fully saturated rings. The van der Waals surface area contributed by atoms with Gasteiger partial charge in [0.05, 0.1) is 5.69 Å². The lowest BCUT2D eigenvalue weighted by molar-refractivity contribution is -0.118. The number of nitrogens with zero attached hydrogens (tertiary/aromatic N) is 1. The number of halogens is 3. The van der Waals surface area contributed by atoms with Crippen LogP contribution in [0.25, 0.3) is 22.4 Å². The molecule has 0 aliphatic rings. The summed E-state index contributed by atoms with van der Waals surface area (Å²) in [4.78, 5) is 15.6. The quantitative estimate of drug-likeness (QED) is 0.427. The Balaban J connectivity index is 2.05. The van der Waals surface area contributed by atoms with Gasteiger partial charge in [0, 0.05) is 36.2 Å². The van der Waals surface area contributed by atoms with Crippen molar-refractivity contribution >= 4 is 23.3 Å². The fourth-order valence-corrected chi connectivity index (χ4v) is 3.13. The van der Waals surface area contributed by atoms with E-state index in [0.29, 0.717) is 46.3 Å². The third kappa shape index (κ3) is 6.05. The second kappa shape index (κ2) is 10.1. The van der Waals surface area contributed by atoms with Gasteiger partial charge in [-0.1, -0.05) is 29.8 Å². The predicted octanol–water partition coefficient (Wildman–Crippen LogP) is 4.92. The Hall–Kier alpha value is -3.39. The number of nitrogens with one attached hydrogen (secondary N) is 2. The first-order valence-electron chi connectivity index (χ1n) is 9.37. The monoisotopic (exact) mass is 447 g/mol. The van der Waals surface area contributed by atoms with Crippen LogP contribution in [0.15, 0.2) is 54.6 Å². The molecule has 3 rings (SSSR count). The molecule has 0 atom stereocenters. The maximum atomic E-state index is 12.9. The maximum Gasteiger partial charge on any atom is 0.387 e. The van der Waals surface area contributed by atoms with Gasteiger partial charge in [0.2, 0.25) is 5.91 Å². The summed E-state index contributed by atoms with van der Waals surface area (Å²) in [5, 5.41) is 16.5. The minimum absolute atomic E-state index is 0.00848. The Morgan fingerprint density at radius 1 is 1.13 bits per heavy atom. The lowest BCUT2D eigenvalue weighted by Gasteiger charge is -2.15. The van der Waals surface area contributed by atoms with E-state index in [4.69, 9.17) is 11.6 Å². The van der Waals surface area contributed by atoms with Crippen molar-refractivity contribution in [2.75, 3.05) is 18.4 Å². The molecule has 1 heterocycles. The molecule has 0 unspecified atom stereocenters. The van der Waals surface area contributed by atoms with E-state index in [-0.39, 0.29) is 17.4 Å². The number of carbonyl (C=O) groups excluding carboxylic acids is 1. The summed E-state index contributed by atoms with van der Waals surface area (Å²) in [6, 6.07) is 14.3. The van der Waals surface area contributed by atoms with Gasteiger partial charge in [-0.05, 0) is 42.0 Å². The van der Waals surface area contributed by atoms with Gasteiger partial charge in [0.25, 0.3) is 0 Å². The van der Waals surface area contributed by atoms with E-state index in [1.807, 2.05) is 0 Å². The molecular formula is C22H20ClF2N3O3. The van der Waals surface area contributed by atoms with E-state index >= 15 is 0 Å². The number of benzene rings is 2. The van der Waals surface area contributed by atoms with Crippen molar-refractivity contribution in [1.82, 2.24) is 10.3 Å². The number of ether oxygens (including phenoxy) is 1. The van der Waals surface area contributed by atoms with Crippen LogP contribution in [-0.2, 0) is 4.79 Å². The van der Waals surface area contributed by atoms with Crippen molar-refractivity contribution in [1.29, 1.82) is 0 Å². The van der Waals surface area contributed by atoms with Crippen molar-refractivity contribution < 1.29 is 23.4 Å². The highest BCUT2D eigenvalue weighted by Crippen LogP contribution is 2.37. The molecule has 31 heavy (non-hydrogen) atoms. The van der Waals surface area contributed by atoms with Gasteiger partial charge in [0.1, 0.15) is 17.3 Å². The molecular weight excluding hydrogens is 428 g/mol. The smallest absolute Gasteiger partial charge is 0.387 e. The first kappa shape index (κ1) is 22.3. The maximum absolute atomic E-state index is 12.9. The molecule has 3 N–H and O–H groups in total. The Bertz CT molecular complexity index is 1080. The number of amides is 1. The summed E-state index contributed by atoms with van der Waals surface area (Å²) < 4.78 is 30.4. The van der Waals surface area contributed by atoms with Gasteiger partial charge in [0.15, 0.2) is 0 Å². The number of hydrogen-bond acceptors (Lipinski definition) is 5. The van der Waals surface area contributed by atoms with Crippen molar-refractivity contribution in [3.63, 3.8) is 0 Å². The van der Waals surface area contributed by atoms with Crippen LogP contribution in [0.4, 0.5) is 14.6 Å². The molecule has 1 amide bonds. The number of anilines is 1. The Kier molecular flexibility index (Phi) is 7.25. The van der Waals surface area contributed by atoms with Crippen LogP contribution in [0.2, 0.25) is 5.02 Å². The van der Waals surface area contributed by atoms with Gasteiger partial charge in [-0.2, -0.15) is 8.78 Å². The fourth-order valence-electron chi connectivity index (χ4n) is 2.96. The molecule has 1 aromatic heterocycles. The zero-order valence-electron chi connectivity index (χ0n) is 16.5. The van der Waals surface area contributed by atoms with Crippen molar-refractivity contribution in [2.24, 2.45) is 0 Å². The third-order valence-corrected chi connectivity index (χ3v) is 4.51. The average Bonchev–Trinajstić information content (AvgIpc) is 2.72. The Labute approximate surface area is 182 Å². The number of hydrogen-bond donors (Lipinski definition) is 3. The molecule has 9 heteroatoms. The minimum atomic E-state index is -2.98. The van der Waals surface area contributed by atoms with Gasteiger partial charge >= 0.3 is 6.61 Å². The molecule has 3 aromatic rings. The molecule has 162 valence electrons. The van der Waals surface area contributed by atoms with E-state index in [2.05, 4.69) is 20.4 Å². The van der Waals surface area contributed by atoms with E-state index in [0.717, 1.165) is 0 Å². The fraction of sp³-hybridized carbons (Fsp3) is 0.182. The van der Waals surface area contributed by atoms with Crippen molar-refractivity contribution in [3.05, 3.63) is 59.6 Å². The number of aromatic hydroxyl groups is 1. The van der Waals surface area contributed by atoms with E-state index in [9.17, 15) is 18.7 Å². The van der Waals surface area contributed by atoms with Gasteiger partial charge in [-0.25, -0.2) is 4.98 Å². The zero-order chi connectivity index (χ0) is 22.4. The second-order valence-electron chi connectivity index (χ2n) is 6.57. The first-order valence-corrected chi connectivity index (χ1v) is 9.75. The SMILES string of the molecule is CC(=O)NCCNc1cc(-c2ccccc2OC(F)F)cc(-c2cc(Cl)ccc2O)n1. The number of alkyl halides is 2. The highest BCUT2D eigenvalue weighted by atomic mass is 35.5. The summed E-state index contributed by atoms with van der Waals surface area (Å²) in [5.74, 6) is 0.236. The van der Waals surface area contributed by atoms with E-state index in [1.165, 1.54) is 19.1 Å². The Morgan fingerprint density at radius 2 is 1.90 bits per heavy atom. The molecule has 0 aliphatic carbocycles. The number of para-hydroxylation sites is 1. The normalized spacial score (nSPS) is 10.7. The average molecular weight is 448 g/mol. The summed E-state index contributed by atoms with van der Waals surface area (Å²) in [5.41, 5.74) is 1.73. The van der Waals surface area contributed by atoms with Crippen LogP contribution in [0.1, 0.15) is 6.92 Å². The molecule has 0 aliphatic heterocycles.